The summed E-state index contributed by atoms with van der Waals surface area (Å²) >= 11 is 0. The number of allylic oxidation sites excluding steroid dienone is 2. The molecule has 0 saturated heterocycles. The lowest BCUT2D eigenvalue weighted by molar-refractivity contribution is 1.08. The first-order chi connectivity index (χ1) is 25.3. The van der Waals surface area contributed by atoms with Crippen LogP contribution < -0.4 is 0 Å². The highest BCUT2D eigenvalue weighted by Gasteiger charge is 2.18. The number of benzene rings is 8. The van der Waals surface area contributed by atoms with Crippen LogP contribution in [-0.4, -0.2) is 9.55 Å². The fraction of sp³-hybridized carbons (Fsp3) is 0. The predicted octanol–water partition coefficient (Wildman–Crippen LogP) is 13.2. The summed E-state index contributed by atoms with van der Waals surface area (Å²) in [5.41, 5.74) is 10.3. The molecule has 1 aromatic heterocycles. The van der Waals surface area contributed by atoms with Crippen molar-refractivity contribution in [2.24, 2.45) is 0 Å². The van der Waals surface area contributed by atoms with Gasteiger partial charge in [-0.05, 0) is 78.5 Å². The molecule has 1 heterocycles. The zero-order valence-electron chi connectivity index (χ0n) is 28.1. The normalized spacial score (nSPS) is 11.5. The van der Waals surface area contributed by atoms with Crippen molar-refractivity contribution < 1.29 is 0 Å². The predicted molar refractivity (Wildman–Crippen MR) is 217 cm³/mol. The summed E-state index contributed by atoms with van der Waals surface area (Å²) in [5, 5.41) is 7.38. The van der Waals surface area contributed by atoms with Crippen LogP contribution in [0.25, 0.3) is 88.8 Å². The fourth-order valence-electron chi connectivity index (χ4n) is 7.45. The maximum absolute atomic E-state index is 5.09. The maximum atomic E-state index is 5.09. The van der Waals surface area contributed by atoms with Gasteiger partial charge < -0.3 is 0 Å². The van der Waals surface area contributed by atoms with E-state index in [1.54, 1.807) is 6.08 Å². The monoisotopic (exact) mass is 650 g/mol. The summed E-state index contributed by atoms with van der Waals surface area (Å²) in [4.78, 5) is 5.09. The molecule has 0 fully saturated rings. The number of hydrogen-bond acceptors (Lipinski definition) is 1. The number of aromatic nitrogens is 2. The average Bonchev–Trinajstić information content (AvgIpc) is 3.63. The summed E-state index contributed by atoms with van der Waals surface area (Å²) in [5.74, 6) is 0.894. The fourth-order valence-corrected chi connectivity index (χ4v) is 7.45. The Bertz CT molecular complexity index is 2730. The van der Waals surface area contributed by atoms with Crippen molar-refractivity contribution in [3.8, 4) is 50.5 Å². The summed E-state index contributed by atoms with van der Waals surface area (Å²) < 4.78 is 2.21. The Morgan fingerprint density at radius 1 is 0.451 bits per heavy atom. The van der Waals surface area contributed by atoms with Gasteiger partial charge >= 0.3 is 0 Å². The average molecular weight is 651 g/mol. The van der Waals surface area contributed by atoms with E-state index in [0.717, 1.165) is 28.3 Å². The molecule has 240 valence electrons. The van der Waals surface area contributed by atoms with Crippen molar-refractivity contribution in [1.82, 2.24) is 9.55 Å². The minimum Gasteiger partial charge on any atom is -0.299 e. The number of nitrogens with zero attached hydrogens (tertiary/aromatic N) is 2. The second-order valence-corrected chi connectivity index (χ2v) is 12.8. The van der Waals surface area contributed by atoms with Gasteiger partial charge in [0.25, 0.3) is 0 Å². The van der Waals surface area contributed by atoms with Crippen molar-refractivity contribution in [1.29, 1.82) is 0 Å². The van der Waals surface area contributed by atoms with Gasteiger partial charge in [-0.2, -0.15) is 0 Å². The number of rotatable bonds is 7. The lowest BCUT2D eigenvalue weighted by Gasteiger charge is -2.18. The van der Waals surface area contributed by atoms with E-state index in [-0.39, 0.29) is 0 Å². The second kappa shape index (κ2) is 12.9. The molecule has 0 aliphatic heterocycles. The van der Waals surface area contributed by atoms with E-state index < -0.39 is 0 Å². The third-order valence-electron chi connectivity index (χ3n) is 9.78. The molecule has 0 bridgehead atoms. The van der Waals surface area contributed by atoms with Crippen molar-refractivity contribution >= 4 is 38.4 Å². The van der Waals surface area contributed by atoms with Crippen LogP contribution >= 0.6 is 0 Å². The smallest absolute Gasteiger partial charge is 0.145 e. The molecule has 0 N–H and O–H groups in total. The Morgan fingerprint density at radius 3 is 1.69 bits per heavy atom. The van der Waals surface area contributed by atoms with Gasteiger partial charge in [0.15, 0.2) is 0 Å². The lowest BCUT2D eigenvalue weighted by Crippen LogP contribution is -1.97. The summed E-state index contributed by atoms with van der Waals surface area (Å²) in [7, 11) is 0. The third-order valence-corrected chi connectivity index (χ3v) is 9.78. The maximum Gasteiger partial charge on any atom is 0.145 e. The molecule has 9 rings (SSSR count). The van der Waals surface area contributed by atoms with E-state index in [9.17, 15) is 0 Å². The highest BCUT2D eigenvalue weighted by atomic mass is 15.1. The molecule has 0 aliphatic carbocycles. The van der Waals surface area contributed by atoms with Crippen molar-refractivity contribution in [3.05, 3.63) is 200 Å². The van der Waals surface area contributed by atoms with Crippen molar-refractivity contribution in [3.63, 3.8) is 0 Å². The zero-order valence-corrected chi connectivity index (χ0v) is 28.1. The molecule has 2 nitrogen and oxygen atoms in total. The highest BCUT2D eigenvalue weighted by Crippen LogP contribution is 2.44. The molecule has 2 heteroatoms. The van der Waals surface area contributed by atoms with Gasteiger partial charge in [0.2, 0.25) is 0 Å². The molecule has 0 radical (unpaired) electrons. The lowest BCUT2D eigenvalue weighted by atomic mass is 9.85. The van der Waals surface area contributed by atoms with Crippen LogP contribution in [-0.2, 0) is 0 Å². The summed E-state index contributed by atoms with van der Waals surface area (Å²) in [6.07, 6.45) is 7.82. The Kier molecular flexibility index (Phi) is 7.68. The number of imidazole rings is 1. The molecule has 0 unspecified atom stereocenters. The number of fused-ring (bicyclic) bond motifs is 3. The van der Waals surface area contributed by atoms with Gasteiger partial charge in [0.1, 0.15) is 5.82 Å². The van der Waals surface area contributed by atoms with Gasteiger partial charge in [-0.25, -0.2) is 4.98 Å². The minimum atomic E-state index is 0.881. The van der Waals surface area contributed by atoms with Crippen LogP contribution in [0.1, 0.15) is 5.69 Å². The first-order valence-corrected chi connectivity index (χ1v) is 17.3. The standard InChI is InChI=1S/C49H34N2/c1-2-3-21-40-33-51(46-25-14-20-35-15-10-11-22-41(35)46)49(50-40)38-28-26-34(27-29-38)39-30-31-44-45(32-39)48(37-18-8-5-9-19-37)43-24-13-12-23-42(43)47(44)36-16-6-4-7-17-36/h2-33H,1H2/b21-3-. The van der Waals surface area contributed by atoms with E-state index in [4.69, 9.17) is 4.98 Å². The topological polar surface area (TPSA) is 17.8 Å². The Balaban J connectivity index is 1.21. The molecule has 51 heavy (non-hydrogen) atoms. The molecule has 9 aromatic rings. The van der Waals surface area contributed by atoms with Gasteiger partial charge in [-0.1, -0.05) is 176 Å². The third kappa shape index (κ3) is 5.44. The molecular formula is C49H34N2. The largest absolute Gasteiger partial charge is 0.299 e. The molecule has 0 saturated carbocycles. The van der Waals surface area contributed by atoms with E-state index in [1.807, 2.05) is 12.2 Å². The van der Waals surface area contributed by atoms with Crippen LogP contribution in [0.15, 0.2) is 195 Å². The second-order valence-electron chi connectivity index (χ2n) is 12.8. The SMILES string of the molecule is C=C/C=C\c1cn(-c2cccc3ccccc23)c(-c2ccc(-c3ccc4c(-c5ccccc5)c5ccccc5c(-c5ccccc5)c4c3)cc2)n1. The molecule has 0 aliphatic rings. The Labute approximate surface area is 297 Å². The molecule has 8 aromatic carbocycles. The van der Waals surface area contributed by atoms with Crippen molar-refractivity contribution in [2.45, 2.75) is 0 Å². The minimum absolute atomic E-state index is 0.881. The first-order valence-electron chi connectivity index (χ1n) is 17.3. The van der Waals surface area contributed by atoms with Crippen LogP contribution in [0.2, 0.25) is 0 Å². The van der Waals surface area contributed by atoms with Crippen LogP contribution in [0.3, 0.4) is 0 Å². The van der Waals surface area contributed by atoms with Gasteiger partial charge in [-0.15, -0.1) is 0 Å². The Hall–Kier alpha value is -6.77. The number of hydrogen-bond donors (Lipinski definition) is 0. The first kappa shape index (κ1) is 30.3. The van der Waals surface area contributed by atoms with Crippen LogP contribution in [0, 0.1) is 0 Å². The molecule has 0 atom stereocenters. The highest BCUT2D eigenvalue weighted by molar-refractivity contribution is 6.22. The zero-order chi connectivity index (χ0) is 34.1. The molecule has 0 amide bonds. The summed E-state index contributed by atoms with van der Waals surface area (Å²) in [6, 6.07) is 61.1. The van der Waals surface area contributed by atoms with E-state index >= 15 is 0 Å². The van der Waals surface area contributed by atoms with E-state index in [0.29, 0.717) is 0 Å². The molecule has 0 spiro atoms. The van der Waals surface area contributed by atoms with Gasteiger partial charge in [0.05, 0.1) is 11.4 Å². The van der Waals surface area contributed by atoms with Crippen LogP contribution in [0.4, 0.5) is 0 Å². The van der Waals surface area contributed by atoms with Gasteiger partial charge in [0, 0.05) is 17.1 Å². The van der Waals surface area contributed by atoms with E-state index in [2.05, 4.69) is 187 Å². The quantitative estimate of drug-likeness (QED) is 0.124. The molecular weight excluding hydrogens is 617 g/mol. The van der Waals surface area contributed by atoms with Crippen LogP contribution in [0.5, 0.6) is 0 Å². The van der Waals surface area contributed by atoms with Gasteiger partial charge in [-0.3, -0.25) is 4.57 Å². The van der Waals surface area contributed by atoms with Crippen molar-refractivity contribution in [2.75, 3.05) is 0 Å². The summed E-state index contributed by atoms with van der Waals surface area (Å²) in [6.45, 7) is 3.86. The van der Waals surface area contributed by atoms with E-state index in [1.165, 1.54) is 60.1 Å². The Morgan fingerprint density at radius 2 is 1.00 bits per heavy atom.